The lowest BCUT2D eigenvalue weighted by molar-refractivity contribution is 0.660. The van der Waals surface area contributed by atoms with Crippen molar-refractivity contribution in [1.82, 2.24) is 0 Å². The Morgan fingerprint density at radius 2 is 0.831 bits per heavy atom. The van der Waals surface area contributed by atoms with E-state index >= 15 is 0 Å². The van der Waals surface area contributed by atoms with Crippen molar-refractivity contribution in [3.05, 3.63) is 210 Å². The maximum absolute atomic E-state index is 2.52. The van der Waals surface area contributed by atoms with E-state index in [1.165, 1.54) is 111 Å². The molecule has 0 aromatic heterocycles. The van der Waals surface area contributed by atoms with E-state index < -0.39 is 0 Å². The predicted molar refractivity (Wildman–Crippen MR) is 249 cm³/mol. The minimum absolute atomic E-state index is 0.108. The Bertz CT molecular complexity index is 3200. The molecule has 3 aliphatic rings. The SMILES string of the molecule is CC1(C)c2ccccc2-c2ccc(N(c3cccc(-c4cccc(-c5ccc6c7c(cccc57)-c5ccccc5-6)c4)c3)c3cccc4c3-c3ccccc3C4(C)C)cc21. The molecule has 0 fully saturated rings. The first-order chi connectivity index (χ1) is 28.8. The third-order valence-electron chi connectivity index (χ3n) is 13.8. The highest BCUT2D eigenvalue weighted by atomic mass is 15.1. The summed E-state index contributed by atoms with van der Waals surface area (Å²) >= 11 is 0. The van der Waals surface area contributed by atoms with Crippen LogP contribution in [0.2, 0.25) is 0 Å². The molecule has 0 radical (unpaired) electrons. The summed E-state index contributed by atoms with van der Waals surface area (Å²) < 4.78 is 0. The Hall–Kier alpha value is -6.96. The molecule has 1 heteroatoms. The Balaban J connectivity index is 1.03. The van der Waals surface area contributed by atoms with Crippen molar-refractivity contribution in [2.24, 2.45) is 0 Å². The minimum atomic E-state index is -0.117. The van der Waals surface area contributed by atoms with Gasteiger partial charge in [-0.2, -0.15) is 0 Å². The van der Waals surface area contributed by atoms with Crippen molar-refractivity contribution in [3.8, 4) is 66.8 Å². The first-order valence-electron chi connectivity index (χ1n) is 20.9. The number of hydrogen-bond donors (Lipinski definition) is 0. The van der Waals surface area contributed by atoms with Crippen LogP contribution in [-0.2, 0) is 10.8 Å². The van der Waals surface area contributed by atoms with Gasteiger partial charge < -0.3 is 4.90 Å². The number of fused-ring (bicyclic) bond motifs is 9. The molecule has 0 heterocycles. The Morgan fingerprint density at radius 1 is 0.322 bits per heavy atom. The third-order valence-corrected chi connectivity index (χ3v) is 13.8. The molecule has 0 saturated heterocycles. The first kappa shape index (κ1) is 34.1. The predicted octanol–water partition coefficient (Wildman–Crippen LogP) is 15.9. The number of benzene rings is 9. The van der Waals surface area contributed by atoms with Gasteiger partial charge in [0.05, 0.1) is 5.69 Å². The van der Waals surface area contributed by atoms with Crippen LogP contribution in [-0.4, -0.2) is 0 Å². The smallest absolute Gasteiger partial charge is 0.0543 e. The van der Waals surface area contributed by atoms with Crippen molar-refractivity contribution >= 4 is 27.8 Å². The molecule has 12 rings (SSSR count). The molecule has 0 aliphatic heterocycles. The van der Waals surface area contributed by atoms with Crippen molar-refractivity contribution < 1.29 is 0 Å². The normalized spacial score (nSPS) is 14.4. The van der Waals surface area contributed by atoms with Gasteiger partial charge in [-0.15, -0.1) is 0 Å². The van der Waals surface area contributed by atoms with Crippen LogP contribution in [0.1, 0.15) is 49.9 Å². The number of nitrogens with zero attached hydrogens (tertiary/aromatic N) is 1. The van der Waals surface area contributed by atoms with Gasteiger partial charge in [0.2, 0.25) is 0 Å². The van der Waals surface area contributed by atoms with Crippen molar-refractivity contribution in [2.45, 2.75) is 38.5 Å². The summed E-state index contributed by atoms with van der Waals surface area (Å²) in [4.78, 5) is 2.52. The van der Waals surface area contributed by atoms with Gasteiger partial charge in [-0.1, -0.05) is 179 Å². The standard InChI is InChI=1S/C58H43N/c1-57(2)51-26-10-8-22-49(51)56-52(57)27-14-28-54(56)59(40-29-30-45-44-21-7-9-25-50(44)58(3,4)53(45)35-40)39-18-12-16-37(34-39)36-15-11-17-38(33-36)41-31-32-48-43-20-6-5-19-42(43)47-24-13-23-46(41)55(47)48/h5-35H,1-4H3. The first-order valence-corrected chi connectivity index (χ1v) is 20.9. The lowest BCUT2D eigenvalue weighted by Crippen LogP contribution is -2.17. The topological polar surface area (TPSA) is 3.24 Å². The molecule has 3 aliphatic carbocycles. The number of hydrogen-bond acceptors (Lipinski definition) is 1. The van der Waals surface area contributed by atoms with E-state index in [1.807, 2.05) is 0 Å². The average Bonchev–Trinajstić information content (AvgIpc) is 3.82. The van der Waals surface area contributed by atoms with Crippen LogP contribution in [0.4, 0.5) is 17.1 Å². The second-order valence-corrected chi connectivity index (χ2v) is 17.7. The van der Waals surface area contributed by atoms with Gasteiger partial charge >= 0.3 is 0 Å². The zero-order valence-corrected chi connectivity index (χ0v) is 33.8. The second kappa shape index (κ2) is 12.3. The molecule has 0 saturated carbocycles. The fraction of sp³-hybridized carbons (Fsp3) is 0.103. The Kier molecular flexibility index (Phi) is 7.10. The van der Waals surface area contributed by atoms with Crippen LogP contribution >= 0.6 is 0 Å². The van der Waals surface area contributed by atoms with E-state index in [1.54, 1.807) is 0 Å². The van der Waals surface area contributed by atoms with Gasteiger partial charge in [0, 0.05) is 27.8 Å². The lowest BCUT2D eigenvalue weighted by Gasteiger charge is -2.30. The molecule has 280 valence electrons. The van der Waals surface area contributed by atoms with Crippen LogP contribution in [0.3, 0.4) is 0 Å². The quantitative estimate of drug-likeness (QED) is 0.169. The number of rotatable bonds is 5. The van der Waals surface area contributed by atoms with Crippen molar-refractivity contribution in [2.75, 3.05) is 4.90 Å². The van der Waals surface area contributed by atoms with Gasteiger partial charge in [-0.3, -0.25) is 0 Å². The fourth-order valence-electron chi connectivity index (χ4n) is 10.9. The average molecular weight is 754 g/mol. The molecule has 59 heavy (non-hydrogen) atoms. The maximum atomic E-state index is 2.52. The summed E-state index contributed by atoms with van der Waals surface area (Å²) in [5.74, 6) is 0. The van der Waals surface area contributed by atoms with Crippen LogP contribution in [0.15, 0.2) is 188 Å². The molecule has 0 amide bonds. The summed E-state index contributed by atoms with van der Waals surface area (Å²) in [7, 11) is 0. The molecule has 0 spiro atoms. The lowest BCUT2D eigenvalue weighted by atomic mass is 9.82. The van der Waals surface area contributed by atoms with Crippen molar-refractivity contribution in [3.63, 3.8) is 0 Å². The summed E-state index contributed by atoms with van der Waals surface area (Å²) in [6, 6.07) is 70.5. The van der Waals surface area contributed by atoms with E-state index in [9.17, 15) is 0 Å². The Morgan fingerprint density at radius 3 is 1.63 bits per heavy atom. The molecule has 0 atom stereocenters. The largest absolute Gasteiger partial charge is 0.310 e. The van der Waals surface area contributed by atoms with Crippen molar-refractivity contribution in [1.29, 1.82) is 0 Å². The highest BCUT2D eigenvalue weighted by Crippen LogP contribution is 2.56. The fourth-order valence-corrected chi connectivity index (χ4v) is 10.9. The molecule has 0 unspecified atom stereocenters. The highest BCUT2D eigenvalue weighted by Gasteiger charge is 2.39. The summed E-state index contributed by atoms with van der Waals surface area (Å²) in [6.45, 7) is 9.49. The summed E-state index contributed by atoms with van der Waals surface area (Å²) in [5, 5.41) is 2.66. The van der Waals surface area contributed by atoms with Gasteiger partial charge in [-0.05, 0) is 131 Å². The van der Waals surface area contributed by atoms with E-state index in [4.69, 9.17) is 0 Å². The molecule has 1 nitrogen and oxygen atoms in total. The van der Waals surface area contributed by atoms with Crippen LogP contribution < -0.4 is 4.90 Å². The highest BCUT2D eigenvalue weighted by molar-refractivity contribution is 6.18. The third kappa shape index (κ3) is 4.79. The molecular weight excluding hydrogens is 711 g/mol. The van der Waals surface area contributed by atoms with E-state index in [0.717, 1.165) is 5.69 Å². The minimum Gasteiger partial charge on any atom is -0.310 e. The van der Waals surface area contributed by atoms with E-state index in [2.05, 4.69) is 221 Å². The summed E-state index contributed by atoms with van der Waals surface area (Å²) in [5.41, 5.74) is 24.3. The zero-order chi connectivity index (χ0) is 39.6. The van der Waals surface area contributed by atoms with Gasteiger partial charge in [0.25, 0.3) is 0 Å². The van der Waals surface area contributed by atoms with Crippen LogP contribution in [0.5, 0.6) is 0 Å². The summed E-state index contributed by atoms with van der Waals surface area (Å²) in [6.07, 6.45) is 0. The molecule has 9 aromatic carbocycles. The van der Waals surface area contributed by atoms with E-state index in [0.29, 0.717) is 0 Å². The zero-order valence-electron chi connectivity index (χ0n) is 33.8. The Labute approximate surface area is 346 Å². The van der Waals surface area contributed by atoms with Crippen LogP contribution in [0, 0.1) is 0 Å². The van der Waals surface area contributed by atoms with Gasteiger partial charge in [0.15, 0.2) is 0 Å². The molecule has 0 N–H and O–H groups in total. The second-order valence-electron chi connectivity index (χ2n) is 17.7. The van der Waals surface area contributed by atoms with Crippen LogP contribution in [0.25, 0.3) is 77.5 Å². The van der Waals surface area contributed by atoms with Gasteiger partial charge in [-0.25, -0.2) is 0 Å². The molecule has 9 aromatic rings. The molecule has 0 bridgehead atoms. The van der Waals surface area contributed by atoms with E-state index in [-0.39, 0.29) is 10.8 Å². The van der Waals surface area contributed by atoms with Gasteiger partial charge in [0.1, 0.15) is 0 Å². The monoisotopic (exact) mass is 753 g/mol. The maximum Gasteiger partial charge on any atom is 0.0543 e. The number of anilines is 3. The molecular formula is C58H43N.